The van der Waals surface area contributed by atoms with Gasteiger partial charge in [0.15, 0.2) is 0 Å². The van der Waals surface area contributed by atoms with Crippen LogP contribution in [0.5, 0.6) is 0 Å². The number of hydrogen-bond acceptors (Lipinski definition) is 4. The van der Waals surface area contributed by atoms with Crippen molar-refractivity contribution < 1.29 is 14.6 Å². The second-order valence-electron chi connectivity index (χ2n) is 4.14. The highest BCUT2D eigenvalue weighted by atomic mass is 16.5. The summed E-state index contributed by atoms with van der Waals surface area (Å²) >= 11 is 0. The number of hydrogen-bond donors (Lipinski definition) is 2. The maximum atomic E-state index is 9.60. The van der Waals surface area contributed by atoms with Gasteiger partial charge in [0.2, 0.25) is 0 Å². The molecule has 1 heterocycles. The molecule has 0 unspecified atom stereocenters. The van der Waals surface area contributed by atoms with Crippen molar-refractivity contribution in [1.82, 2.24) is 5.32 Å². The minimum absolute atomic E-state index is 0.318. The topological polar surface area (TPSA) is 58.6 Å². The van der Waals surface area contributed by atoms with Gasteiger partial charge in [-0.2, -0.15) is 0 Å². The lowest BCUT2D eigenvalue weighted by Crippen LogP contribution is -2.21. The van der Waals surface area contributed by atoms with E-state index in [-0.39, 0.29) is 5.60 Å². The highest BCUT2D eigenvalue weighted by Crippen LogP contribution is 2.02. The fourth-order valence-corrected chi connectivity index (χ4v) is 0.946. The first-order valence-electron chi connectivity index (χ1n) is 5.33. The number of rotatable bonds is 1. The van der Waals surface area contributed by atoms with Gasteiger partial charge in [-0.3, -0.25) is 4.79 Å². The van der Waals surface area contributed by atoms with Crippen LogP contribution in [0.2, 0.25) is 0 Å². The molecule has 0 aromatic rings. The molecule has 0 aliphatic carbocycles. The first-order chi connectivity index (χ1) is 7.06. The Balaban J connectivity index is 0. The number of ether oxygens (including phenoxy) is 1. The summed E-state index contributed by atoms with van der Waals surface area (Å²) in [4.78, 5) is 9.60. The van der Waals surface area contributed by atoms with E-state index in [4.69, 9.17) is 5.11 Å². The summed E-state index contributed by atoms with van der Waals surface area (Å²) in [7, 11) is 1.00. The van der Waals surface area contributed by atoms with Crippen molar-refractivity contribution in [3.63, 3.8) is 0 Å². The molecule has 0 amide bonds. The van der Waals surface area contributed by atoms with Gasteiger partial charge in [0.05, 0.1) is 0 Å². The summed E-state index contributed by atoms with van der Waals surface area (Å²) in [6, 6.07) is 0. The van der Waals surface area contributed by atoms with Gasteiger partial charge in [0, 0.05) is 7.11 Å². The van der Waals surface area contributed by atoms with Crippen molar-refractivity contribution >= 4 is 6.47 Å². The Morgan fingerprint density at radius 1 is 1.13 bits per heavy atom. The zero-order valence-corrected chi connectivity index (χ0v) is 10.4. The number of nitrogens with one attached hydrogen (secondary N) is 1. The van der Waals surface area contributed by atoms with E-state index in [1.807, 2.05) is 20.8 Å². The molecule has 1 aliphatic rings. The third-order valence-corrected chi connectivity index (χ3v) is 1.61. The molecular formula is C11H25NO3. The molecule has 0 bridgehead atoms. The van der Waals surface area contributed by atoms with Crippen LogP contribution in [0.3, 0.4) is 0 Å². The van der Waals surface area contributed by atoms with Crippen molar-refractivity contribution in [3.05, 3.63) is 0 Å². The lowest BCUT2D eigenvalue weighted by atomic mass is 10.2. The van der Waals surface area contributed by atoms with Crippen LogP contribution in [-0.4, -0.2) is 37.4 Å². The van der Waals surface area contributed by atoms with E-state index in [1.165, 1.54) is 32.4 Å². The van der Waals surface area contributed by atoms with Crippen LogP contribution in [0.4, 0.5) is 0 Å². The summed E-state index contributed by atoms with van der Waals surface area (Å²) in [6.07, 6.45) is 4.22. The Bertz CT molecular complexity index is 117. The van der Waals surface area contributed by atoms with E-state index in [9.17, 15) is 4.79 Å². The smallest absolute Gasteiger partial charge is 0.293 e. The number of carbonyl (C=O) groups is 1. The average molecular weight is 219 g/mol. The van der Waals surface area contributed by atoms with E-state index in [1.54, 1.807) is 0 Å². The van der Waals surface area contributed by atoms with Crippen molar-refractivity contribution in [2.24, 2.45) is 0 Å². The fourth-order valence-electron chi connectivity index (χ4n) is 0.946. The maximum Gasteiger partial charge on any atom is 0.293 e. The Kier molecular flexibility index (Phi) is 12.8. The standard InChI is InChI=1S/C5H11N.C5H10O2.CH4O/c1-2-4-6-5-3-1;1-5(2,3)7-4-6;1-2/h6H,1-5H2;4H,1-3H3;2H,1H3. The molecule has 92 valence electrons. The van der Waals surface area contributed by atoms with E-state index >= 15 is 0 Å². The molecule has 0 spiro atoms. The van der Waals surface area contributed by atoms with Gasteiger partial charge >= 0.3 is 0 Å². The molecule has 0 saturated carbocycles. The zero-order valence-electron chi connectivity index (χ0n) is 10.4. The minimum Gasteiger partial charge on any atom is -0.462 e. The maximum absolute atomic E-state index is 9.60. The third-order valence-electron chi connectivity index (χ3n) is 1.61. The largest absolute Gasteiger partial charge is 0.462 e. The molecule has 4 heteroatoms. The first-order valence-corrected chi connectivity index (χ1v) is 5.33. The fraction of sp³-hybridized carbons (Fsp3) is 0.909. The van der Waals surface area contributed by atoms with Gasteiger partial charge in [0.25, 0.3) is 6.47 Å². The van der Waals surface area contributed by atoms with Gasteiger partial charge in [-0.15, -0.1) is 0 Å². The molecule has 0 atom stereocenters. The highest BCUT2D eigenvalue weighted by Gasteiger charge is 2.07. The SMILES string of the molecule is C1CCNCC1.CC(C)(C)OC=O.CO. The Hall–Kier alpha value is -0.610. The molecule has 1 aliphatic heterocycles. The van der Waals surface area contributed by atoms with Gasteiger partial charge in [-0.1, -0.05) is 6.42 Å². The third kappa shape index (κ3) is 19.7. The summed E-state index contributed by atoms with van der Waals surface area (Å²) in [5.41, 5.74) is -0.318. The Morgan fingerprint density at radius 2 is 1.60 bits per heavy atom. The molecule has 0 radical (unpaired) electrons. The second kappa shape index (κ2) is 11.5. The minimum atomic E-state index is -0.318. The zero-order chi connectivity index (χ0) is 12.2. The average Bonchev–Trinajstić information content (AvgIpc) is 2.22. The molecule has 0 aromatic heterocycles. The molecular weight excluding hydrogens is 194 g/mol. The van der Waals surface area contributed by atoms with E-state index in [0.29, 0.717) is 6.47 Å². The van der Waals surface area contributed by atoms with Crippen LogP contribution in [0.15, 0.2) is 0 Å². The highest BCUT2D eigenvalue weighted by molar-refractivity contribution is 5.37. The van der Waals surface area contributed by atoms with Crippen LogP contribution in [0.25, 0.3) is 0 Å². The Morgan fingerprint density at radius 3 is 1.67 bits per heavy atom. The van der Waals surface area contributed by atoms with Gasteiger partial charge in [-0.25, -0.2) is 0 Å². The molecule has 0 aromatic carbocycles. The summed E-state index contributed by atoms with van der Waals surface area (Å²) in [5.74, 6) is 0. The monoisotopic (exact) mass is 219 g/mol. The van der Waals surface area contributed by atoms with Crippen LogP contribution in [-0.2, 0) is 9.53 Å². The lowest BCUT2D eigenvalue weighted by molar-refractivity contribution is -0.138. The van der Waals surface area contributed by atoms with E-state index in [0.717, 1.165) is 7.11 Å². The normalized spacial score (nSPS) is 15.0. The molecule has 2 N–H and O–H groups in total. The van der Waals surface area contributed by atoms with E-state index in [2.05, 4.69) is 10.1 Å². The van der Waals surface area contributed by atoms with Gasteiger partial charge < -0.3 is 15.2 Å². The summed E-state index contributed by atoms with van der Waals surface area (Å²) in [6.45, 7) is 8.42. The first kappa shape index (κ1) is 16.8. The van der Waals surface area contributed by atoms with Crippen molar-refractivity contribution in [1.29, 1.82) is 0 Å². The summed E-state index contributed by atoms with van der Waals surface area (Å²) in [5, 5.41) is 10.3. The number of aliphatic hydroxyl groups excluding tert-OH is 1. The predicted molar refractivity (Wildman–Crippen MR) is 61.8 cm³/mol. The van der Waals surface area contributed by atoms with Crippen molar-refractivity contribution in [2.45, 2.75) is 45.6 Å². The predicted octanol–water partition coefficient (Wildman–Crippen LogP) is 1.33. The van der Waals surface area contributed by atoms with Gasteiger partial charge in [0.1, 0.15) is 5.60 Å². The quantitative estimate of drug-likeness (QED) is 0.653. The number of piperidine rings is 1. The van der Waals surface area contributed by atoms with Crippen LogP contribution in [0, 0.1) is 0 Å². The van der Waals surface area contributed by atoms with Crippen LogP contribution in [0.1, 0.15) is 40.0 Å². The molecule has 4 nitrogen and oxygen atoms in total. The molecule has 1 saturated heterocycles. The summed E-state index contributed by atoms with van der Waals surface area (Å²) < 4.78 is 4.55. The number of aliphatic hydroxyl groups is 1. The van der Waals surface area contributed by atoms with Crippen LogP contribution < -0.4 is 5.32 Å². The van der Waals surface area contributed by atoms with Crippen molar-refractivity contribution in [2.75, 3.05) is 20.2 Å². The number of carbonyl (C=O) groups excluding carboxylic acids is 1. The molecule has 1 fully saturated rings. The molecule has 15 heavy (non-hydrogen) atoms. The van der Waals surface area contributed by atoms with Gasteiger partial charge in [-0.05, 0) is 46.7 Å². The lowest BCUT2D eigenvalue weighted by Gasteiger charge is -2.14. The Labute approximate surface area is 93.0 Å². The second-order valence-corrected chi connectivity index (χ2v) is 4.14. The molecule has 1 rings (SSSR count). The van der Waals surface area contributed by atoms with E-state index < -0.39 is 0 Å². The van der Waals surface area contributed by atoms with Crippen LogP contribution >= 0.6 is 0 Å². The van der Waals surface area contributed by atoms with Crippen molar-refractivity contribution in [3.8, 4) is 0 Å².